The van der Waals surface area contributed by atoms with Crippen molar-refractivity contribution < 1.29 is 24.3 Å². The number of rotatable bonds is 19. The summed E-state index contributed by atoms with van der Waals surface area (Å²) in [4.78, 5) is 57.9. The Kier molecular flexibility index (Phi) is 15.4. The molecule has 0 aliphatic rings. The molecule has 0 bridgehead atoms. The minimum absolute atomic E-state index is 0.0691. The third-order valence-corrected chi connectivity index (χ3v) is 8.63. The predicted molar refractivity (Wildman–Crippen MR) is 207 cm³/mol. The van der Waals surface area contributed by atoms with E-state index in [0.29, 0.717) is 24.9 Å². The molecule has 0 saturated carbocycles. The van der Waals surface area contributed by atoms with Gasteiger partial charge in [-0.2, -0.15) is 0 Å². The summed E-state index contributed by atoms with van der Waals surface area (Å²) in [6, 6.07) is 30.7. The summed E-state index contributed by atoms with van der Waals surface area (Å²) >= 11 is 0. The number of amides is 4. The van der Waals surface area contributed by atoms with Crippen LogP contribution in [0.1, 0.15) is 42.9 Å². The van der Waals surface area contributed by atoms with E-state index in [-0.39, 0.29) is 49.8 Å². The molecule has 12 nitrogen and oxygen atoms in total. The first-order valence-electron chi connectivity index (χ1n) is 17.8. The van der Waals surface area contributed by atoms with E-state index in [4.69, 9.17) is 11.5 Å². The summed E-state index contributed by atoms with van der Waals surface area (Å²) in [5.41, 5.74) is 15.6. The Hall–Kier alpha value is -6.17. The van der Waals surface area contributed by atoms with Gasteiger partial charge >= 0.3 is 0 Å². The van der Waals surface area contributed by atoms with Gasteiger partial charge in [0.1, 0.15) is 23.9 Å². The Balaban J connectivity index is 1.42. The Bertz CT molecular complexity index is 1800. The largest absolute Gasteiger partial charge is 0.508 e. The molecule has 4 amide bonds. The van der Waals surface area contributed by atoms with E-state index in [9.17, 15) is 24.3 Å². The highest BCUT2D eigenvalue weighted by molar-refractivity contribution is 5.94. The first-order valence-corrected chi connectivity index (χ1v) is 17.8. The highest BCUT2D eigenvalue weighted by atomic mass is 16.3. The first-order chi connectivity index (χ1) is 25.6. The van der Waals surface area contributed by atoms with Crippen LogP contribution in [-0.4, -0.2) is 65.9 Å². The van der Waals surface area contributed by atoms with Crippen LogP contribution in [-0.2, 0) is 38.4 Å². The highest BCUT2D eigenvalue weighted by Gasteiger charge is 2.29. The Morgan fingerprint density at radius 1 is 0.660 bits per heavy atom. The monoisotopic (exact) mass is 719 g/mol. The Morgan fingerprint density at radius 2 is 1.25 bits per heavy atom. The van der Waals surface area contributed by atoms with Crippen LogP contribution < -0.4 is 32.7 Å². The molecular formula is C41H49N7O5. The van der Waals surface area contributed by atoms with E-state index in [1.165, 1.54) is 12.1 Å². The van der Waals surface area contributed by atoms with Crippen LogP contribution in [0.25, 0.3) is 11.1 Å². The third-order valence-electron chi connectivity index (χ3n) is 8.63. The maximum atomic E-state index is 13.8. The number of nitrogens with one attached hydrogen (secondary N) is 4. The number of aromatic hydroxyl groups is 1. The van der Waals surface area contributed by atoms with Crippen molar-refractivity contribution >= 4 is 29.6 Å². The van der Waals surface area contributed by atoms with Gasteiger partial charge in [-0.15, -0.1) is 0 Å². The SMILES string of the molecule is CCC(NC(=O)Cc1ccc(-c2ccccc2)cc1)C(=O)N[C@H](CCCN=C(N)N)C(=O)NC(Cc1ccc(O)cc1)C(=O)NCCc1ccccc1. The molecule has 4 rings (SSSR count). The smallest absolute Gasteiger partial charge is 0.243 e. The summed E-state index contributed by atoms with van der Waals surface area (Å²) in [5, 5.41) is 21.1. The number of guanidine groups is 1. The number of aliphatic imine (C=N–C) groups is 1. The van der Waals surface area contributed by atoms with Gasteiger partial charge in [-0.1, -0.05) is 104 Å². The van der Waals surface area contributed by atoms with E-state index in [1.807, 2.05) is 84.9 Å². The number of hydrogen-bond donors (Lipinski definition) is 7. The summed E-state index contributed by atoms with van der Waals surface area (Å²) < 4.78 is 0. The van der Waals surface area contributed by atoms with E-state index >= 15 is 0 Å². The van der Waals surface area contributed by atoms with Gasteiger partial charge < -0.3 is 37.8 Å². The average Bonchev–Trinajstić information content (AvgIpc) is 3.16. The molecule has 0 spiro atoms. The highest BCUT2D eigenvalue weighted by Crippen LogP contribution is 2.19. The van der Waals surface area contributed by atoms with Crippen LogP contribution in [0, 0.1) is 0 Å². The van der Waals surface area contributed by atoms with E-state index in [1.54, 1.807) is 19.1 Å². The zero-order chi connectivity index (χ0) is 38.0. The fraction of sp³-hybridized carbons (Fsp3) is 0.293. The van der Waals surface area contributed by atoms with E-state index in [0.717, 1.165) is 22.3 Å². The first kappa shape index (κ1) is 39.6. The molecule has 0 aromatic heterocycles. The number of hydrogen-bond acceptors (Lipinski definition) is 6. The van der Waals surface area contributed by atoms with Gasteiger partial charge in [0.2, 0.25) is 23.6 Å². The minimum Gasteiger partial charge on any atom is -0.508 e. The van der Waals surface area contributed by atoms with Crippen molar-refractivity contribution in [3.05, 3.63) is 126 Å². The number of phenols is 1. The topological polar surface area (TPSA) is 201 Å². The molecule has 0 aliphatic heterocycles. The van der Waals surface area contributed by atoms with E-state index in [2.05, 4.69) is 26.3 Å². The molecule has 0 aliphatic carbocycles. The maximum Gasteiger partial charge on any atom is 0.243 e. The zero-order valence-corrected chi connectivity index (χ0v) is 30.0. The minimum atomic E-state index is -1.06. The Labute approximate surface area is 310 Å². The van der Waals surface area contributed by atoms with Crippen molar-refractivity contribution in [2.45, 2.75) is 63.6 Å². The van der Waals surface area contributed by atoms with Crippen molar-refractivity contribution in [3.63, 3.8) is 0 Å². The molecule has 3 atom stereocenters. The molecule has 4 aromatic carbocycles. The van der Waals surface area contributed by atoms with Gasteiger partial charge in [-0.3, -0.25) is 24.2 Å². The van der Waals surface area contributed by atoms with Crippen LogP contribution in [0.3, 0.4) is 0 Å². The van der Waals surface area contributed by atoms with Crippen LogP contribution in [0.5, 0.6) is 5.75 Å². The lowest BCUT2D eigenvalue weighted by Gasteiger charge is -2.25. The summed E-state index contributed by atoms with van der Waals surface area (Å²) in [6.07, 6.45) is 1.59. The second-order valence-corrected chi connectivity index (χ2v) is 12.7. The molecule has 0 fully saturated rings. The summed E-state index contributed by atoms with van der Waals surface area (Å²) in [5.74, 6) is -1.88. The normalized spacial score (nSPS) is 12.4. The standard InChI is InChI=1S/C41H49N7O5/c1-2-34(46-37(50)27-30-15-19-32(20-16-30)31-12-7-4-8-13-31)39(52)47-35(14-9-24-45-41(42)43)40(53)48-36(26-29-17-21-33(49)22-18-29)38(51)44-25-23-28-10-5-3-6-11-28/h3-8,10-13,15-22,34-36,49H,2,9,14,23-27H2,1H3,(H,44,51)(H,46,50)(H,47,52)(H,48,53)(H4,42,43,45)/t34?,35-,36?/m1/s1. The quantitative estimate of drug-likeness (QED) is 0.0438. The van der Waals surface area contributed by atoms with Crippen molar-refractivity contribution in [2.75, 3.05) is 13.1 Å². The lowest BCUT2D eigenvalue weighted by molar-refractivity contribution is -0.133. The third kappa shape index (κ3) is 13.5. The molecule has 2 unspecified atom stereocenters. The average molecular weight is 720 g/mol. The lowest BCUT2D eigenvalue weighted by atomic mass is 10.0. The number of carbonyl (C=O) groups is 4. The van der Waals surface area contributed by atoms with Gasteiger partial charge in [-0.25, -0.2) is 0 Å². The van der Waals surface area contributed by atoms with Gasteiger partial charge in [0, 0.05) is 19.5 Å². The number of nitrogens with zero attached hydrogens (tertiary/aromatic N) is 1. The van der Waals surface area contributed by atoms with Gasteiger partial charge in [-0.05, 0) is 65.6 Å². The molecule has 9 N–H and O–H groups in total. The van der Waals surface area contributed by atoms with Gasteiger partial charge in [0.15, 0.2) is 5.96 Å². The van der Waals surface area contributed by atoms with Crippen LogP contribution in [0.2, 0.25) is 0 Å². The number of nitrogens with two attached hydrogens (primary N) is 2. The van der Waals surface area contributed by atoms with Crippen molar-refractivity contribution in [1.82, 2.24) is 21.3 Å². The van der Waals surface area contributed by atoms with Gasteiger partial charge in [0.25, 0.3) is 0 Å². The molecule has 0 radical (unpaired) electrons. The fourth-order valence-corrected chi connectivity index (χ4v) is 5.72. The molecular weight excluding hydrogens is 670 g/mol. The second-order valence-electron chi connectivity index (χ2n) is 12.7. The molecule has 12 heteroatoms. The number of phenolic OH excluding ortho intramolecular Hbond substituents is 1. The molecule has 0 saturated heterocycles. The van der Waals surface area contributed by atoms with Crippen molar-refractivity contribution in [2.24, 2.45) is 16.5 Å². The van der Waals surface area contributed by atoms with Crippen LogP contribution in [0.15, 0.2) is 114 Å². The number of benzene rings is 4. The molecule has 0 heterocycles. The summed E-state index contributed by atoms with van der Waals surface area (Å²) in [7, 11) is 0. The fourth-order valence-electron chi connectivity index (χ4n) is 5.72. The number of carbonyl (C=O) groups excluding carboxylic acids is 4. The van der Waals surface area contributed by atoms with Gasteiger partial charge in [0.05, 0.1) is 6.42 Å². The lowest BCUT2D eigenvalue weighted by Crippen LogP contribution is -2.57. The van der Waals surface area contributed by atoms with Crippen LogP contribution in [0.4, 0.5) is 0 Å². The predicted octanol–water partition coefficient (Wildman–Crippen LogP) is 3.12. The van der Waals surface area contributed by atoms with Crippen molar-refractivity contribution in [3.8, 4) is 16.9 Å². The zero-order valence-electron chi connectivity index (χ0n) is 30.0. The summed E-state index contributed by atoms with van der Waals surface area (Å²) in [6.45, 7) is 2.33. The molecule has 278 valence electrons. The molecule has 4 aromatic rings. The van der Waals surface area contributed by atoms with Crippen LogP contribution >= 0.6 is 0 Å². The van der Waals surface area contributed by atoms with E-state index < -0.39 is 35.8 Å². The second kappa shape index (κ2) is 20.6. The van der Waals surface area contributed by atoms with Crippen molar-refractivity contribution in [1.29, 1.82) is 0 Å². The maximum absolute atomic E-state index is 13.8. The molecule has 53 heavy (non-hydrogen) atoms. The Morgan fingerprint density at radius 3 is 1.89 bits per heavy atom.